The highest BCUT2D eigenvalue weighted by atomic mass is 32.2. The zero-order chi connectivity index (χ0) is 25.2. The predicted molar refractivity (Wildman–Crippen MR) is 134 cm³/mol. The highest BCUT2D eigenvalue weighted by Crippen LogP contribution is 2.45. The fraction of sp³-hybridized carbons (Fsp3) is 0.154. The zero-order valence-electron chi connectivity index (χ0n) is 19.0. The molecule has 1 amide bonds. The van der Waals surface area contributed by atoms with Crippen molar-refractivity contribution >= 4 is 39.2 Å². The lowest BCUT2D eigenvalue weighted by Gasteiger charge is -2.27. The minimum atomic E-state index is -4.22. The summed E-state index contributed by atoms with van der Waals surface area (Å²) in [5, 5.41) is 10.9. The van der Waals surface area contributed by atoms with Crippen molar-refractivity contribution in [2.45, 2.75) is 22.8 Å². The van der Waals surface area contributed by atoms with Crippen molar-refractivity contribution in [3.8, 4) is 0 Å². The average molecular weight is 510 g/mol. The molecule has 4 rings (SSSR count). The molecule has 0 aromatic heterocycles. The van der Waals surface area contributed by atoms with Crippen molar-refractivity contribution in [3.05, 3.63) is 101 Å². The molecule has 3 aromatic rings. The number of carbonyl (C=O) groups excluding carboxylic acids is 2. The number of amides is 1. The van der Waals surface area contributed by atoms with Crippen molar-refractivity contribution in [2.24, 2.45) is 0 Å². The maximum Gasteiger partial charge on any atom is 0.338 e. The van der Waals surface area contributed by atoms with Crippen LogP contribution in [0.3, 0.4) is 0 Å². The summed E-state index contributed by atoms with van der Waals surface area (Å²) in [7, 11) is -4.22. The number of aliphatic hydroxyl groups is 1. The second-order valence-electron chi connectivity index (χ2n) is 7.65. The number of nitrogens with zero attached hydrogens (tertiary/aromatic N) is 1. The maximum atomic E-state index is 13.6. The van der Waals surface area contributed by atoms with Crippen molar-refractivity contribution in [3.63, 3.8) is 0 Å². The van der Waals surface area contributed by atoms with Gasteiger partial charge in [-0.25, -0.2) is 13.2 Å². The molecule has 9 heteroatoms. The SMILES string of the molecule is CCOC(=O)c1ccc(N2C(=O)C(O)=C(S(=O)(=O)c3ccccc3)[C@@H]2c2ccc(SC)cc2)cc1. The summed E-state index contributed by atoms with van der Waals surface area (Å²) < 4.78 is 32.3. The molecule has 180 valence electrons. The molecule has 1 atom stereocenters. The fourth-order valence-corrected chi connectivity index (χ4v) is 5.96. The molecule has 1 heterocycles. The molecule has 0 radical (unpaired) electrons. The van der Waals surface area contributed by atoms with Crippen LogP contribution in [0.1, 0.15) is 28.9 Å². The Labute approximate surface area is 208 Å². The average Bonchev–Trinajstić information content (AvgIpc) is 3.15. The van der Waals surface area contributed by atoms with E-state index in [1.165, 1.54) is 53.1 Å². The summed E-state index contributed by atoms with van der Waals surface area (Å²) in [6.45, 7) is 1.92. The van der Waals surface area contributed by atoms with Gasteiger partial charge in [-0.2, -0.15) is 0 Å². The Hall–Kier alpha value is -3.56. The van der Waals surface area contributed by atoms with Crippen molar-refractivity contribution < 1.29 is 27.9 Å². The summed E-state index contributed by atoms with van der Waals surface area (Å²) in [4.78, 5) is 27.1. The molecular weight excluding hydrogens is 486 g/mol. The Morgan fingerprint density at radius 2 is 1.63 bits per heavy atom. The lowest BCUT2D eigenvalue weighted by Crippen LogP contribution is -2.31. The molecule has 1 N–H and O–H groups in total. The summed E-state index contributed by atoms with van der Waals surface area (Å²) in [6, 6.07) is 19.8. The van der Waals surface area contributed by atoms with E-state index in [9.17, 15) is 23.1 Å². The molecule has 1 aliphatic rings. The van der Waals surface area contributed by atoms with E-state index in [1.54, 1.807) is 37.3 Å². The normalized spacial score (nSPS) is 16.0. The van der Waals surface area contributed by atoms with E-state index in [-0.39, 0.29) is 22.0 Å². The number of hydrogen-bond acceptors (Lipinski definition) is 7. The zero-order valence-corrected chi connectivity index (χ0v) is 20.7. The third-order valence-corrected chi connectivity index (χ3v) is 8.22. The number of carbonyl (C=O) groups is 2. The Morgan fingerprint density at radius 1 is 1.00 bits per heavy atom. The molecule has 0 aliphatic carbocycles. The molecule has 0 fully saturated rings. The third-order valence-electron chi connectivity index (χ3n) is 5.59. The smallest absolute Gasteiger partial charge is 0.338 e. The summed E-state index contributed by atoms with van der Waals surface area (Å²) in [6.07, 6.45) is 1.92. The van der Waals surface area contributed by atoms with Crippen LogP contribution in [-0.4, -0.2) is 38.3 Å². The Morgan fingerprint density at radius 3 is 2.20 bits per heavy atom. The second-order valence-corrected chi connectivity index (χ2v) is 10.4. The number of thioether (sulfide) groups is 1. The van der Waals surface area contributed by atoms with Gasteiger partial charge in [0, 0.05) is 10.6 Å². The fourth-order valence-electron chi connectivity index (χ4n) is 3.91. The van der Waals surface area contributed by atoms with E-state index >= 15 is 0 Å². The van der Waals surface area contributed by atoms with Gasteiger partial charge in [0.2, 0.25) is 9.84 Å². The molecule has 35 heavy (non-hydrogen) atoms. The van der Waals surface area contributed by atoms with E-state index < -0.39 is 33.5 Å². The molecule has 0 bridgehead atoms. The van der Waals surface area contributed by atoms with Crippen LogP contribution >= 0.6 is 11.8 Å². The molecule has 0 unspecified atom stereocenters. The molecule has 1 aliphatic heterocycles. The number of benzene rings is 3. The topological polar surface area (TPSA) is 101 Å². The van der Waals surface area contributed by atoms with Gasteiger partial charge in [-0.15, -0.1) is 11.8 Å². The lowest BCUT2D eigenvalue weighted by molar-refractivity contribution is -0.117. The third kappa shape index (κ3) is 4.56. The van der Waals surface area contributed by atoms with Crippen LogP contribution in [0.4, 0.5) is 5.69 Å². The van der Waals surface area contributed by atoms with Gasteiger partial charge < -0.3 is 9.84 Å². The van der Waals surface area contributed by atoms with Crippen LogP contribution < -0.4 is 4.90 Å². The summed E-state index contributed by atoms with van der Waals surface area (Å²) >= 11 is 1.53. The van der Waals surface area contributed by atoms with Crippen LogP contribution in [0.15, 0.2) is 99.3 Å². The van der Waals surface area contributed by atoms with Crippen LogP contribution in [0.2, 0.25) is 0 Å². The number of rotatable bonds is 7. The van der Waals surface area contributed by atoms with Gasteiger partial charge >= 0.3 is 5.97 Å². The summed E-state index contributed by atoms with van der Waals surface area (Å²) in [5.74, 6) is -2.19. The number of hydrogen-bond donors (Lipinski definition) is 1. The Kier molecular flexibility index (Phi) is 7.00. The summed E-state index contributed by atoms with van der Waals surface area (Å²) in [5.41, 5.74) is 1.13. The second kappa shape index (κ2) is 9.97. The number of ether oxygens (including phenoxy) is 1. The van der Waals surface area contributed by atoms with Gasteiger partial charge in [-0.3, -0.25) is 9.69 Å². The van der Waals surface area contributed by atoms with Crippen molar-refractivity contribution in [1.82, 2.24) is 0 Å². The molecule has 7 nitrogen and oxygen atoms in total. The first-order valence-corrected chi connectivity index (χ1v) is 13.5. The Balaban J connectivity index is 1.85. The van der Waals surface area contributed by atoms with Crippen molar-refractivity contribution in [1.29, 1.82) is 0 Å². The van der Waals surface area contributed by atoms with E-state index in [2.05, 4.69) is 0 Å². The minimum Gasteiger partial charge on any atom is -0.502 e. The van der Waals surface area contributed by atoms with Gasteiger partial charge in [0.25, 0.3) is 5.91 Å². The van der Waals surface area contributed by atoms with Crippen molar-refractivity contribution in [2.75, 3.05) is 17.8 Å². The standard InChI is InChI=1S/C26H23NO6S2/c1-3-33-26(30)18-9-13-19(14-10-18)27-22(17-11-15-20(34-2)16-12-17)24(23(28)25(27)29)35(31,32)21-7-5-4-6-8-21/h4-16,22,28H,3H2,1-2H3/t22-/m0/s1. The molecule has 0 saturated heterocycles. The molecular formula is C26H23NO6S2. The first kappa shape index (κ1) is 24.6. The van der Waals surface area contributed by atoms with E-state index in [1.807, 2.05) is 18.4 Å². The van der Waals surface area contributed by atoms with Crippen LogP contribution in [-0.2, 0) is 19.4 Å². The van der Waals surface area contributed by atoms with Gasteiger partial charge in [0.1, 0.15) is 10.9 Å². The molecule has 0 spiro atoms. The highest BCUT2D eigenvalue weighted by molar-refractivity contribution is 7.98. The number of anilines is 1. The van der Waals surface area contributed by atoms with Gasteiger partial charge in [-0.05, 0) is 67.3 Å². The quantitative estimate of drug-likeness (QED) is 0.356. The van der Waals surface area contributed by atoms with E-state index in [0.29, 0.717) is 11.3 Å². The van der Waals surface area contributed by atoms with Crippen LogP contribution in [0.25, 0.3) is 0 Å². The van der Waals surface area contributed by atoms with Gasteiger partial charge in [-0.1, -0.05) is 30.3 Å². The van der Waals surface area contributed by atoms with Crippen LogP contribution in [0.5, 0.6) is 0 Å². The molecule has 3 aromatic carbocycles. The maximum absolute atomic E-state index is 13.6. The highest BCUT2D eigenvalue weighted by Gasteiger charge is 2.47. The minimum absolute atomic E-state index is 0.0282. The predicted octanol–water partition coefficient (Wildman–Crippen LogP) is 4.92. The molecule has 0 saturated carbocycles. The first-order valence-electron chi connectivity index (χ1n) is 10.8. The lowest BCUT2D eigenvalue weighted by atomic mass is 10.1. The van der Waals surface area contributed by atoms with E-state index in [0.717, 1.165) is 4.90 Å². The van der Waals surface area contributed by atoms with E-state index in [4.69, 9.17) is 4.74 Å². The largest absolute Gasteiger partial charge is 0.502 e. The number of sulfone groups is 1. The van der Waals surface area contributed by atoms with Gasteiger partial charge in [0.15, 0.2) is 5.76 Å². The van der Waals surface area contributed by atoms with Gasteiger partial charge in [0.05, 0.1) is 17.1 Å². The monoisotopic (exact) mass is 509 g/mol. The van der Waals surface area contributed by atoms with Crippen LogP contribution in [0, 0.1) is 0 Å². The number of aliphatic hydroxyl groups excluding tert-OH is 1. The Bertz CT molecular complexity index is 1380. The number of esters is 1. The first-order chi connectivity index (χ1) is 16.8.